The van der Waals surface area contributed by atoms with Crippen LogP contribution in [-0.2, 0) is 0 Å². The van der Waals surface area contributed by atoms with Gasteiger partial charge in [0.1, 0.15) is 0 Å². The highest BCUT2D eigenvalue weighted by molar-refractivity contribution is 6.11. The van der Waals surface area contributed by atoms with Gasteiger partial charge in [-0.3, -0.25) is 0 Å². The molecule has 2 radical (unpaired) electrons. The van der Waals surface area contributed by atoms with Crippen molar-refractivity contribution < 1.29 is 0 Å². The van der Waals surface area contributed by atoms with Crippen LogP contribution >= 0.6 is 0 Å². The molecule has 2 N–H and O–H groups in total. The molecular weight excluding hydrogens is 181 g/mol. The zero-order valence-electron chi connectivity index (χ0n) is 10.7. The fourth-order valence-corrected chi connectivity index (χ4v) is 1.82. The van der Waals surface area contributed by atoms with Crippen LogP contribution in [0.25, 0.3) is 0 Å². The molecule has 0 saturated heterocycles. The molecule has 0 fully saturated rings. The van der Waals surface area contributed by atoms with Gasteiger partial charge in [-0.2, -0.15) is 0 Å². The summed E-state index contributed by atoms with van der Waals surface area (Å²) in [7, 11) is 5.69. The standard InChI is InChI=1S/C13H28BN/c1-12(14)10-8-6-4-3-5-7-9-11-13(2)15/h12-13H,3-11,15H2,1-2H3. The van der Waals surface area contributed by atoms with Gasteiger partial charge in [-0.25, -0.2) is 0 Å². The lowest BCUT2D eigenvalue weighted by atomic mass is 9.85. The Balaban J connectivity index is 2.93. The fourth-order valence-electron chi connectivity index (χ4n) is 1.82. The van der Waals surface area contributed by atoms with Crippen LogP contribution in [0.3, 0.4) is 0 Å². The lowest BCUT2D eigenvalue weighted by molar-refractivity contribution is 0.537. The van der Waals surface area contributed by atoms with Crippen molar-refractivity contribution in [1.29, 1.82) is 0 Å². The molecule has 2 atom stereocenters. The second-order valence-electron chi connectivity index (χ2n) is 5.01. The minimum Gasteiger partial charge on any atom is -0.328 e. The summed E-state index contributed by atoms with van der Waals surface area (Å²) >= 11 is 0. The van der Waals surface area contributed by atoms with Crippen LogP contribution < -0.4 is 5.73 Å². The molecule has 0 aliphatic heterocycles. The number of nitrogens with two attached hydrogens (primary N) is 1. The van der Waals surface area contributed by atoms with Gasteiger partial charge in [0.05, 0.1) is 7.85 Å². The molecule has 0 amide bonds. The summed E-state index contributed by atoms with van der Waals surface area (Å²) in [6.07, 6.45) is 11.8. The van der Waals surface area contributed by atoms with Crippen LogP contribution in [0, 0.1) is 0 Å². The van der Waals surface area contributed by atoms with Crippen LogP contribution in [0.1, 0.15) is 71.6 Å². The van der Waals surface area contributed by atoms with E-state index in [2.05, 4.69) is 13.8 Å². The Labute approximate surface area is 97.6 Å². The first kappa shape index (κ1) is 15.0. The molecule has 2 unspecified atom stereocenters. The van der Waals surface area contributed by atoms with Crippen molar-refractivity contribution in [3.05, 3.63) is 0 Å². The van der Waals surface area contributed by atoms with Gasteiger partial charge in [0, 0.05) is 6.04 Å². The highest BCUT2D eigenvalue weighted by Crippen LogP contribution is 2.13. The molecule has 0 saturated carbocycles. The van der Waals surface area contributed by atoms with Gasteiger partial charge >= 0.3 is 0 Å². The Morgan fingerprint density at radius 1 is 0.800 bits per heavy atom. The highest BCUT2D eigenvalue weighted by Gasteiger charge is 1.96. The molecule has 0 spiro atoms. The van der Waals surface area contributed by atoms with Gasteiger partial charge in [-0.1, -0.05) is 64.1 Å². The van der Waals surface area contributed by atoms with Crippen LogP contribution in [0.4, 0.5) is 0 Å². The van der Waals surface area contributed by atoms with Crippen LogP contribution in [0.15, 0.2) is 0 Å². The fraction of sp³-hybridized carbons (Fsp3) is 1.00. The Morgan fingerprint density at radius 3 is 1.60 bits per heavy atom. The van der Waals surface area contributed by atoms with E-state index in [1.54, 1.807) is 0 Å². The van der Waals surface area contributed by atoms with Crippen molar-refractivity contribution in [3.63, 3.8) is 0 Å². The summed E-state index contributed by atoms with van der Waals surface area (Å²) < 4.78 is 0. The van der Waals surface area contributed by atoms with Crippen molar-refractivity contribution in [3.8, 4) is 0 Å². The first-order chi connectivity index (χ1) is 7.13. The quantitative estimate of drug-likeness (QED) is 0.429. The van der Waals surface area contributed by atoms with Crippen molar-refractivity contribution in [2.24, 2.45) is 5.73 Å². The SMILES string of the molecule is [B]C(C)CCCCCCCCCC(C)N. The van der Waals surface area contributed by atoms with Crippen molar-refractivity contribution >= 4 is 7.85 Å². The lowest BCUT2D eigenvalue weighted by Crippen LogP contribution is -2.13. The van der Waals surface area contributed by atoms with E-state index in [4.69, 9.17) is 13.6 Å². The second kappa shape index (κ2) is 10.5. The third-order valence-corrected chi connectivity index (χ3v) is 2.82. The zero-order valence-corrected chi connectivity index (χ0v) is 10.7. The molecule has 1 nitrogen and oxygen atoms in total. The molecule has 0 aliphatic rings. The maximum atomic E-state index is 5.69. The van der Waals surface area contributed by atoms with E-state index < -0.39 is 0 Å². The van der Waals surface area contributed by atoms with Gasteiger partial charge in [0.2, 0.25) is 0 Å². The maximum Gasteiger partial charge on any atom is 0.0695 e. The molecule has 0 aromatic carbocycles. The molecule has 2 heteroatoms. The lowest BCUT2D eigenvalue weighted by Gasteiger charge is -2.05. The van der Waals surface area contributed by atoms with Gasteiger partial charge in [-0.05, 0) is 13.3 Å². The van der Waals surface area contributed by atoms with Crippen LogP contribution in [0.5, 0.6) is 0 Å². The molecule has 0 aromatic heterocycles. The smallest absolute Gasteiger partial charge is 0.0695 e. The van der Waals surface area contributed by atoms with E-state index in [-0.39, 0.29) is 0 Å². The largest absolute Gasteiger partial charge is 0.328 e. The summed E-state index contributed by atoms with van der Waals surface area (Å²) in [5, 5.41) is 0. The van der Waals surface area contributed by atoms with Gasteiger partial charge < -0.3 is 5.73 Å². The average Bonchev–Trinajstić information content (AvgIpc) is 2.14. The zero-order chi connectivity index (χ0) is 11.5. The molecule has 0 bridgehead atoms. The summed E-state index contributed by atoms with van der Waals surface area (Å²) in [4.78, 5) is 0. The van der Waals surface area contributed by atoms with Crippen molar-refractivity contribution in [1.82, 2.24) is 0 Å². The van der Waals surface area contributed by atoms with Gasteiger partial charge in [0.25, 0.3) is 0 Å². The first-order valence-corrected chi connectivity index (χ1v) is 6.64. The van der Waals surface area contributed by atoms with E-state index in [0.717, 1.165) is 0 Å². The Kier molecular flexibility index (Phi) is 10.6. The molecule has 0 aromatic rings. The Bertz CT molecular complexity index is 110. The molecule has 15 heavy (non-hydrogen) atoms. The molecule has 0 rings (SSSR count). The summed E-state index contributed by atoms with van der Waals surface area (Å²) in [6.45, 7) is 4.18. The van der Waals surface area contributed by atoms with Gasteiger partial charge in [0.15, 0.2) is 0 Å². The van der Waals surface area contributed by atoms with Crippen LogP contribution in [0.2, 0.25) is 5.82 Å². The Hall–Kier alpha value is 0.0249. The van der Waals surface area contributed by atoms with Crippen molar-refractivity contribution in [2.45, 2.75) is 83.5 Å². The summed E-state index contributed by atoms with van der Waals surface area (Å²) in [5.74, 6) is 0.385. The number of hydrogen-bond donors (Lipinski definition) is 1. The third kappa shape index (κ3) is 14.0. The molecular formula is C13H28BN. The molecule has 88 valence electrons. The van der Waals surface area contributed by atoms with Gasteiger partial charge in [-0.15, -0.1) is 0 Å². The van der Waals surface area contributed by atoms with E-state index in [1.807, 2.05) is 0 Å². The summed E-state index contributed by atoms with van der Waals surface area (Å²) in [6, 6.07) is 0.385. The maximum absolute atomic E-state index is 5.69. The van der Waals surface area contributed by atoms with Crippen molar-refractivity contribution in [2.75, 3.05) is 0 Å². The second-order valence-corrected chi connectivity index (χ2v) is 5.01. The normalized spacial score (nSPS) is 15.1. The Morgan fingerprint density at radius 2 is 1.20 bits per heavy atom. The summed E-state index contributed by atoms with van der Waals surface area (Å²) in [5.41, 5.74) is 5.69. The average molecular weight is 209 g/mol. The number of rotatable bonds is 10. The number of unbranched alkanes of at least 4 members (excludes halogenated alkanes) is 6. The minimum absolute atomic E-state index is 0.385. The number of hydrogen-bond acceptors (Lipinski definition) is 1. The first-order valence-electron chi connectivity index (χ1n) is 6.64. The van der Waals surface area contributed by atoms with E-state index in [0.29, 0.717) is 11.9 Å². The minimum atomic E-state index is 0.385. The third-order valence-electron chi connectivity index (χ3n) is 2.82. The van der Waals surface area contributed by atoms with Crippen LogP contribution in [-0.4, -0.2) is 13.9 Å². The topological polar surface area (TPSA) is 26.0 Å². The molecule has 0 aliphatic carbocycles. The molecule has 0 heterocycles. The van der Waals surface area contributed by atoms with E-state index >= 15 is 0 Å². The monoisotopic (exact) mass is 209 g/mol. The highest BCUT2D eigenvalue weighted by atomic mass is 14.6. The van der Waals surface area contributed by atoms with E-state index in [9.17, 15) is 0 Å². The predicted molar refractivity (Wildman–Crippen MR) is 70.4 cm³/mol. The van der Waals surface area contributed by atoms with E-state index in [1.165, 1.54) is 57.8 Å². The predicted octanol–water partition coefficient (Wildman–Crippen LogP) is 3.82.